The van der Waals surface area contributed by atoms with Crippen molar-refractivity contribution in [2.75, 3.05) is 6.61 Å². The van der Waals surface area contributed by atoms with Crippen molar-refractivity contribution in [3.63, 3.8) is 0 Å². The van der Waals surface area contributed by atoms with Gasteiger partial charge in [0.25, 0.3) is 5.25 Å². The summed E-state index contributed by atoms with van der Waals surface area (Å²) in [7, 11) is 0. The van der Waals surface area contributed by atoms with E-state index in [1.54, 1.807) is 18.2 Å². The second-order valence-corrected chi connectivity index (χ2v) is 8.58. The highest BCUT2D eigenvalue weighted by molar-refractivity contribution is 6.35. The van der Waals surface area contributed by atoms with Gasteiger partial charge >= 0.3 is 0 Å². The van der Waals surface area contributed by atoms with Crippen LogP contribution in [0.25, 0.3) is 0 Å². The van der Waals surface area contributed by atoms with Crippen molar-refractivity contribution in [2.45, 2.75) is 42.5 Å². The monoisotopic (exact) mass is 464 g/mol. The van der Waals surface area contributed by atoms with Gasteiger partial charge in [-0.05, 0) is 30.2 Å². The van der Waals surface area contributed by atoms with E-state index >= 15 is 0 Å². The summed E-state index contributed by atoms with van der Waals surface area (Å²) < 4.78 is 17.2. The van der Waals surface area contributed by atoms with Crippen LogP contribution in [-0.4, -0.2) is 34.0 Å². The van der Waals surface area contributed by atoms with Gasteiger partial charge in [-0.25, -0.2) is 0 Å². The van der Waals surface area contributed by atoms with Gasteiger partial charge in [0.2, 0.25) is 0 Å². The van der Waals surface area contributed by atoms with Gasteiger partial charge in [0.1, 0.15) is 11.7 Å². The van der Waals surface area contributed by atoms with Gasteiger partial charge in [-0.1, -0.05) is 71.2 Å². The second kappa shape index (κ2) is 9.07. The van der Waals surface area contributed by atoms with E-state index in [0.717, 1.165) is 11.1 Å². The number of aliphatic hydroxyl groups is 1. The van der Waals surface area contributed by atoms with E-state index in [4.69, 9.17) is 60.6 Å². The molecule has 0 saturated carbocycles. The number of alkyl halides is 2. The molecule has 0 bridgehead atoms. The highest BCUT2D eigenvalue weighted by Gasteiger charge is 2.63. The Bertz CT molecular complexity index is 802. The quantitative estimate of drug-likeness (QED) is 0.558. The molecule has 4 unspecified atom stereocenters. The summed E-state index contributed by atoms with van der Waals surface area (Å²) in [4.78, 5) is 0. The molecule has 1 heterocycles. The smallest absolute Gasteiger partial charge is 0.280 e. The lowest BCUT2D eigenvalue weighted by molar-refractivity contribution is -0.238. The molecule has 3 rings (SSSR count). The van der Waals surface area contributed by atoms with Crippen molar-refractivity contribution in [1.29, 1.82) is 0 Å². The minimum atomic E-state index is -1.79. The average molecular weight is 466 g/mol. The summed E-state index contributed by atoms with van der Waals surface area (Å²) in [6, 6.07) is 14.6. The first-order valence-electron chi connectivity index (χ1n) is 8.65. The number of benzene rings is 2. The molecule has 4 nitrogen and oxygen atoms in total. The normalized spacial score (nSPS) is 29.9. The van der Waals surface area contributed by atoms with Crippen molar-refractivity contribution in [2.24, 2.45) is 0 Å². The van der Waals surface area contributed by atoms with Crippen molar-refractivity contribution >= 4 is 46.4 Å². The lowest BCUT2D eigenvalue weighted by atomic mass is 10.0. The van der Waals surface area contributed by atoms with Crippen LogP contribution in [0.2, 0.25) is 10.0 Å². The minimum Gasteiger partial charge on any atom is -0.381 e. The van der Waals surface area contributed by atoms with E-state index < -0.39 is 22.3 Å². The molecule has 1 fully saturated rings. The number of ether oxygens (including phenoxy) is 3. The first kappa shape index (κ1) is 22.1. The zero-order valence-corrected chi connectivity index (χ0v) is 18.1. The fraction of sp³-hybridized carbons (Fsp3) is 0.400. The number of rotatable bonds is 7. The van der Waals surface area contributed by atoms with Crippen LogP contribution < -0.4 is 0 Å². The Labute approximate surface area is 184 Å². The fourth-order valence-corrected chi connectivity index (χ4v) is 3.95. The number of hydrogen-bond donors (Lipinski definition) is 1. The molecular formula is C20H20Cl4O4. The van der Waals surface area contributed by atoms with Gasteiger partial charge < -0.3 is 19.3 Å². The van der Waals surface area contributed by atoms with Gasteiger partial charge in [0, 0.05) is 10.0 Å². The molecule has 0 amide bonds. The largest absolute Gasteiger partial charge is 0.381 e. The van der Waals surface area contributed by atoms with Crippen LogP contribution >= 0.6 is 46.4 Å². The second-order valence-electron chi connectivity index (χ2n) is 6.77. The number of halogens is 4. The fourth-order valence-electron chi connectivity index (χ4n) is 2.87. The predicted molar refractivity (Wildman–Crippen MR) is 111 cm³/mol. The molecule has 1 aliphatic rings. The summed E-state index contributed by atoms with van der Waals surface area (Å²) in [6.07, 6.45) is -0.670. The third-order valence-corrected chi connectivity index (χ3v) is 6.47. The Morgan fingerprint density at radius 1 is 1.11 bits per heavy atom. The Morgan fingerprint density at radius 2 is 1.82 bits per heavy atom. The number of hydrogen-bond acceptors (Lipinski definition) is 4. The molecule has 8 heteroatoms. The summed E-state index contributed by atoms with van der Waals surface area (Å²) >= 11 is 24.9. The standard InChI is InChI=1S/C20H20Cl4O4/c1-19(25)18(23)17(12-26-11-14-7-8-15(21)9-16(14)22)28-20(19,24)27-10-13-5-3-2-4-6-13/h2-9,17-18,25H,10-12H2,1H3. The molecule has 0 spiro atoms. The van der Waals surface area contributed by atoms with E-state index in [9.17, 15) is 5.11 Å². The van der Waals surface area contributed by atoms with Crippen LogP contribution in [0, 0.1) is 0 Å². The van der Waals surface area contributed by atoms with E-state index in [0.29, 0.717) is 10.0 Å². The molecule has 28 heavy (non-hydrogen) atoms. The third kappa shape index (κ3) is 4.77. The van der Waals surface area contributed by atoms with Crippen LogP contribution in [0.3, 0.4) is 0 Å². The average Bonchev–Trinajstić information content (AvgIpc) is 2.83. The first-order chi connectivity index (χ1) is 13.2. The molecule has 1 saturated heterocycles. The molecule has 2 aromatic carbocycles. The van der Waals surface area contributed by atoms with Crippen molar-refractivity contribution in [1.82, 2.24) is 0 Å². The molecule has 1 N–H and O–H groups in total. The molecule has 152 valence electrons. The summed E-state index contributed by atoms with van der Waals surface area (Å²) in [5.41, 5.74) is 0.0427. The Balaban J connectivity index is 1.60. The predicted octanol–water partition coefficient (Wildman–Crippen LogP) is 5.38. The van der Waals surface area contributed by atoms with Gasteiger partial charge in [-0.2, -0.15) is 0 Å². The molecular weight excluding hydrogens is 446 g/mol. The summed E-state index contributed by atoms with van der Waals surface area (Å²) in [6.45, 7) is 1.99. The molecule has 0 radical (unpaired) electrons. The Kier molecular flexibility index (Phi) is 7.17. The lowest BCUT2D eigenvalue weighted by Gasteiger charge is -2.33. The maximum atomic E-state index is 10.8. The van der Waals surface area contributed by atoms with Gasteiger partial charge in [-0.15, -0.1) is 11.6 Å². The van der Waals surface area contributed by atoms with Crippen molar-refractivity contribution < 1.29 is 19.3 Å². The van der Waals surface area contributed by atoms with Gasteiger partial charge in [-0.3, -0.25) is 0 Å². The van der Waals surface area contributed by atoms with Crippen LogP contribution in [-0.2, 0) is 27.4 Å². The third-order valence-electron chi connectivity index (χ3n) is 4.59. The van der Waals surface area contributed by atoms with Crippen molar-refractivity contribution in [3.8, 4) is 0 Å². The molecule has 0 aromatic heterocycles. The van der Waals surface area contributed by atoms with Crippen LogP contribution in [0.1, 0.15) is 18.1 Å². The van der Waals surface area contributed by atoms with E-state index in [1.807, 2.05) is 30.3 Å². The molecule has 2 aromatic rings. The van der Waals surface area contributed by atoms with Gasteiger partial charge in [0.05, 0.1) is 25.2 Å². The minimum absolute atomic E-state index is 0.104. The van der Waals surface area contributed by atoms with E-state index in [1.165, 1.54) is 6.92 Å². The maximum absolute atomic E-state index is 10.8. The van der Waals surface area contributed by atoms with Crippen LogP contribution in [0.4, 0.5) is 0 Å². The first-order valence-corrected chi connectivity index (χ1v) is 10.2. The van der Waals surface area contributed by atoms with Gasteiger partial charge in [0.15, 0.2) is 0 Å². The van der Waals surface area contributed by atoms with Crippen molar-refractivity contribution in [3.05, 3.63) is 69.7 Å². The molecule has 0 aliphatic carbocycles. The summed E-state index contributed by atoms with van der Waals surface area (Å²) in [5.74, 6) is 0. The van der Waals surface area contributed by atoms with E-state index in [2.05, 4.69) is 0 Å². The zero-order chi connectivity index (χ0) is 20.4. The molecule has 1 aliphatic heterocycles. The van der Waals surface area contributed by atoms with Crippen LogP contribution in [0.15, 0.2) is 48.5 Å². The van der Waals surface area contributed by atoms with Crippen LogP contribution in [0.5, 0.6) is 0 Å². The maximum Gasteiger partial charge on any atom is 0.280 e. The van der Waals surface area contributed by atoms with E-state index in [-0.39, 0.29) is 19.8 Å². The Morgan fingerprint density at radius 3 is 2.50 bits per heavy atom. The summed E-state index contributed by atoms with van der Waals surface area (Å²) in [5, 5.41) is 9.25. The molecule has 4 atom stereocenters. The zero-order valence-electron chi connectivity index (χ0n) is 15.1. The SMILES string of the molecule is CC1(O)C(Cl)C(COCc2ccc(Cl)cc2Cl)OC1(Cl)OCc1ccccc1. The highest BCUT2D eigenvalue weighted by Crippen LogP contribution is 2.46. The topological polar surface area (TPSA) is 47.9 Å². The highest BCUT2D eigenvalue weighted by atomic mass is 35.5. The lowest BCUT2D eigenvalue weighted by Crippen LogP contribution is -2.50. The Hall–Kier alpha value is -0.560.